The first-order valence-electron chi connectivity index (χ1n) is 7.19. The van der Waals surface area contributed by atoms with Crippen LogP contribution in [-0.2, 0) is 9.59 Å². The van der Waals surface area contributed by atoms with Crippen LogP contribution < -0.4 is 15.4 Å². The van der Waals surface area contributed by atoms with Gasteiger partial charge in [0.15, 0.2) is 11.9 Å². The summed E-state index contributed by atoms with van der Waals surface area (Å²) in [4.78, 5) is 35.2. The molecule has 0 bridgehead atoms. The molecule has 23 heavy (non-hydrogen) atoms. The molecule has 0 radical (unpaired) electrons. The number of carbonyl (C=O) groups is 3. The van der Waals surface area contributed by atoms with Gasteiger partial charge in [-0.2, -0.15) is 0 Å². The fourth-order valence-corrected chi connectivity index (χ4v) is 2.14. The maximum atomic E-state index is 12.4. The summed E-state index contributed by atoms with van der Waals surface area (Å²) in [5.41, 5.74) is 0.571. The van der Waals surface area contributed by atoms with Gasteiger partial charge in [0.2, 0.25) is 0 Å². The minimum Gasteiger partial charge on any atom is -0.480 e. The summed E-state index contributed by atoms with van der Waals surface area (Å²) >= 11 is 0. The Morgan fingerprint density at radius 3 is 2.87 bits per heavy atom. The number of hydrogen-bond donors (Lipinski definition) is 3. The minimum atomic E-state index is -1.12. The molecule has 2 amide bonds. The first-order valence-corrected chi connectivity index (χ1v) is 7.19. The van der Waals surface area contributed by atoms with Crippen molar-refractivity contribution in [2.24, 2.45) is 0 Å². The Bertz CT molecular complexity index is 668. The minimum absolute atomic E-state index is 0.181. The largest absolute Gasteiger partial charge is 0.480 e. The van der Waals surface area contributed by atoms with Crippen molar-refractivity contribution in [1.82, 2.24) is 5.32 Å². The van der Waals surface area contributed by atoms with Crippen LogP contribution in [0.2, 0.25) is 0 Å². The standard InChI is InChI=1S/C16H18N2O5/c1-3-4-7-12(16(21)22)18-15(20)10-6-5-8-11-13(10)23-9(2)14(19)17-11/h3-6,8-9,12H,7H2,1-2H3,(H,17,19)(H,18,20)(H,21,22)/b4-3+. The highest BCUT2D eigenvalue weighted by atomic mass is 16.5. The molecule has 7 heteroatoms. The van der Waals surface area contributed by atoms with E-state index in [0.29, 0.717) is 5.69 Å². The van der Waals surface area contributed by atoms with Crippen molar-refractivity contribution in [2.45, 2.75) is 32.4 Å². The Morgan fingerprint density at radius 1 is 1.48 bits per heavy atom. The van der Waals surface area contributed by atoms with E-state index in [1.165, 1.54) is 6.07 Å². The first kappa shape index (κ1) is 16.5. The van der Waals surface area contributed by atoms with Crippen LogP contribution in [0.25, 0.3) is 0 Å². The second-order valence-electron chi connectivity index (χ2n) is 5.10. The summed E-state index contributed by atoms with van der Waals surface area (Å²) in [6.07, 6.45) is 2.83. The molecule has 0 spiro atoms. The smallest absolute Gasteiger partial charge is 0.326 e. The highest BCUT2D eigenvalue weighted by Gasteiger charge is 2.29. The Morgan fingerprint density at radius 2 is 2.22 bits per heavy atom. The van der Waals surface area contributed by atoms with Crippen LogP contribution in [0.15, 0.2) is 30.4 Å². The third-order valence-corrected chi connectivity index (χ3v) is 3.39. The lowest BCUT2D eigenvalue weighted by Crippen LogP contribution is -2.41. The summed E-state index contributed by atoms with van der Waals surface area (Å²) in [5, 5.41) is 14.3. The second kappa shape index (κ2) is 6.95. The lowest BCUT2D eigenvalue weighted by molar-refractivity contribution is -0.139. The summed E-state index contributed by atoms with van der Waals surface area (Å²) in [6.45, 7) is 3.34. The number of nitrogens with one attached hydrogen (secondary N) is 2. The van der Waals surface area contributed by atoms with Gasteiger partial charge >= 0.3 is 5.97 Å². The van der Waals surface area contributed by atoms with Crippen LogP contribution in [-0.4, -0.2) is 35.0 Å². The van der Waals surface area contributed by atoms with Crippen molar-refractivity contribution < 1.29 is 24.2 Å². The molecule has 0 saturated heterocycles. The molecule has 1 heterocycles. The van der Waals surface area contributed by atoms with E-state index in [1.54, 1.807) is 38.1 Å². The van der Waals surface area contributed by atoms with Crippen molar-refractivity contribution in [3.63, 3.8) is 0 Å². The number of carbonyl (C=O) groups excluding carboxylic acids is 2. The number of benzene rings is 1. The van der Waals surface area contributed by atoms with Gasteiger partial charge in [-0.3, -0.25) is 9.59 Å². The molecule has 7 nitrogen and oxygen atoms in total. The molecule has 1 aromatic rings. The highest BCUT2D eigenvalue weighted by Crippen LogP contribution is 2.33. The zero-order valence-electron chi connectivity index (χ0n) is 12.8. The molecule has 2 atom stereocenters. The molecule has 1 aliphatic heterocycles. The van der Waals surface area contributed by atoms with Gasteiger partial charge in [0.05, 0.1) is 11.3 Å². The van der Waals surface area contributed by atoms with Gasteiger partial charge in [0.1, 0.15) is 6.04 Å². The fourth-order valence-electron chi connectivity index (χ4n) is 2.14. The quantitative estimate of drug-likeness (QED) is 0.715. The van der Waals surface area contributed by atoms with Crippen molar-refractivity contribution in [1.29, 1.82) is 0 Å². The van der Waals surface area contributed by atoms with Gasteiger partial charge in [-0.05, 0) is 32.4 Å². The zero-order valence-corrected chi connectivity index (χ0v) is 12.8. The van der Waals surface area contributed by atoms with Crippen LogP contribution >= 0.6 is 0 Å². The van der Waals surface area contributed by atoms with Crippen LogP contribution in [0.5, 0.6) is 5.75 Å². The van der Waals surface area contributed by atoms with E-state index >= 15 is 0 Å². The number of para-hydroxylation sites is 1. The van der Waals surface area contributed by atoms with E-state index in [-0.39, 0.29) is 23.6 Å². The van der Waals surface area contributed by atoms with E-state index < -0.39 is 24.0 Å². The van der Waals surface area contributed by atoms with E-state index in [4.69, 9.17) is 4.74 Å². The van der Waals surface area contributed by atoms with Crippen molar-refractivity contribution in [3.05, 3.63) is 35.9 Å². The molecular weight excluding hydrogens is 300 g/mol. The van der Waals surface area contributed by atoms with E-state index in [1.807, 2.05) is 0 Å². The molecule has 0 fully saturated rings. The van der Waals surface area contributed by atoms with E-state index in [2.05, 4.69) is 10.6 Å². The van der Waals surface area contributed by atoms with E-state index in [0.717, 1.165) is 0 Å². The summed E-state index contributed by atoms with van der Waals surface area (Å²) in [5.74, 6) is -1.75. The molecule has 0 aliphatic carbocycles. The number of amides is 2. The average molecular weight is 318 g/mol. The average Bonchev–Trinajstić information content (AvgIpc) is 2.51. The highest BCUT2D eigenvalue weighted by molar-refractivity contribution is 6.04. The molecule has 1 aromatic carbocycles. The van der Waals surface area contributed by atoms with Gasteiger partial charge in [-0.1, -0.05) is 18.2 Å². The maximum Gasteiger partial charge on any atom is 0.326 e. The number of allylic oxidation sites excluding steroid dienone is 1. The third kappa shape index (κ3) is 3.68. The Hall–Kier alpha value is -2.83. The molecule has 122 valence electrons. The monoisotopic (exact) mass is 318 g/mol. The van der Waals surface area contributed by atoms with Gasteiger partial charge in [0, 0.05) is 0 Å². The van der Waals surface area contributed by atoms with Crippen molar-refractivity contribution in [3.8, 4) is 5.75 Å². The number of rotatable bonds is 5. The SMILES string of the molecule is C/C=C/CC(NC(=O)c1cccc2c1OC(C)C(=O)N2)C(=O)O. The van der Waals surface area contributed by atoms with Crippen LogP contribution in [0.1, 0.15) is 30.6 Å². The normalized spacial score (nSPS) is 17.8. The summed E-state index contributed by atoms with van der Waals surface area (Å²) in [6, 6.07) is 3.69. The molecule has 2 unspecified atom stereocenters. The van der Waals surface area contributed by atoms with Crippen LogP contribution in [0.4, 0.5) is 5.69 Å². The zero-order chi connectivity index (χ0) is 17.0. The Labute approximate surface area is 133 Å². The van der Waals surface area contributed by atoms with Gasteiger partial charge in [-0.15, -0.1) is 0 Å². The number of hydrogen-bond acceptors (Lipinski definition) is 4. The van der Waals surface area contributed by atoms with Crippen LogP contribution in [0, 0.1) is 0 Å². The predicted molar refractivity (Wildman–Crippen MR) is 83.5 cm³/mol. The topological polar surface area (TPSA) is 105 Å². The van der Waals surface area contributed by atoms with Crippen molar-refractivity contribution in [2.75, 3.05) is 5.32 Å². The Kier molecular flexibility index (Phi) is 5.00. The summed E-state index contributed by atoms with van der Waals surface area (Å²) < 4.78 is 5.49. The lowest BCUT2D eigenvalue weighted by Gasteiger charge is -2.25. The van der Waals surface area contributed by atoms with Crippen LogP contribution in [0.3, 0.4) is 0 Å². The molecule has 3 N–H and O–H groups in total. The lowest BCUT2D eigenvalue weighted by atomic mass is 10.1. The Balaban J connectivity index is 2.25. The number of carboxylic acids is 1. The van der Waals surface area contributed by atoms with Crippen molar-refractivity contribution >= 4 is 23.5 Å². The molecular formula is C16H18N2O5. The number of ether oxygens (including phenoxy) is 1. The number of carboxylic acid groups (broad SMARTS) is 1. The predicted octanol–water partition coefficient (Wildman–Crippen LogP) is 1.56. The number of anilines is 1. The first-order chi connectivity index (χ1) is 10.9. The molecule has 1 aliphatic rings. The molecule has 2 rings (SSSR count). The summed E-state index contributed by atoms with van der Waals surface area (Å²) in [7, 11) is 0. The maximum absolute atomic E-state index is 12.4. The number of fused-ring (bicyclic) bond motifs is 1. The van der Waals surface area contributed by atoms with Gasteiger partial charge in [0.25, 0.3) is 11.8 Å². The molecule has 0 aromatic heterocycles. The number of aliphatic carboxylic acids is 1. The fraction of sp³-hybridized carbons (Fsp3) is 0.312. The second-order valence-corrected chi connectivity index (χ2v) is 5.10. The van der Waals surface area contributed by atoms with Gasteiger partial charge < -0.3 is 20.5 Å². The van der Waals surface area contributed by atoms with E-state index in [9.17, 15) is 19.5 Å². The third-order valence-electron chi connectivity index (χ3n) is 3.39. The van der Waals surface area contributed by atoms with Gasteiger partial charge in [-0.25, -0.2) is 4.79 Å². The molecule has 0 saturated carbocycles.